The Morgan fingerprint density at radius 3 is 2.55 bits per heavy atom. The first-order valence-corrected chi connectivity index (χ1v) is 7.83. The Balaban J connectivity index is 1.91. The number of halogens is 1. The molecule has 1 saturated heterocycles. The van der Waals surface area contributed by atoms with Gasteiger partial charge in [-0.05, 0) is 41.5 Å². The van der Waals surface area contributed by atoms with E-state index in [0.29, 0.717) is 5.75 Å². The van der Waals surface area contributed by atoms with E-state index >= 15 is 0 Å². The van der Waals surface area contributed by atoms with Crippen molar-refractivity contribution in [1.82, 2.24) is 9.80 Å². The predicted molar refractivity (Wildman–Crippen MR) is 82.9 cm³/mol. The summed E-state index contributed by atoms with van der Waals surface area (Å²) in [6.45, 7) is 8.48. The Morgan fingerprint density at radius 1 is 1.30 bits per heavy atom. The van der Waals surface area contributed by atoms with Crippen LogP contribution in [-0.4, -0.2) is 54.5 Å². The molecule has 110 valence electrons. The maximum atomic E-state index is 12.4. The van der Waals surface area contributed by atoms with E-state index < -0.39 is 6.10 Å². The molecule has 1 heterocycles. The maximum absolute atomic E-state index is 12.4. The van der Waals surface area contributed by atoms with Crippen molar-refractivity contribution in [3.8, 4) is 5.75 Å². The summed E-state index contributed by atoms with van der Waals surface area (Å²) >= 11 is 3.43. The summed E-state index contributed by atoms with van der Waals surface area (Å²) in [7, 11) is 0. The number of para-hydroxylation sites is 1. The quantitative estimate of drug-likeness (QED) is 0.843. The topological polar surface area (TPSA) is 32.8 Å². The number of carbonyl (C=O) groups is 1. The summed E-state index contributed by atoms with van der Waals surface area (Å²) in [6, 6.07) is 7.60. The Bertz CT molecular complexity index is 459. The molecule has 1 amide bonds. The number of hydrogen-bond donors (Lipinski definition) is 0. The van der Waals surface area contributed by atoms with E-state index in [0.717, 1.165) is 37.2 Å². The smallest absolute Gasteiger partial charge is 0.263 e. The Labute approximate surface area is 128 Å². The minimum Gasteiger partial charge on any atom is -0.480 e. The first kappa shape index (κ1) is 15.3. The van der Waals surface area contributed by atoms with E-state index in [1.165, 1.54) is 0 Å². The van der Waals surface area contributed by atoms with Crippen LogP contribution in [0.4, 0.5) is 0 Å². The van der Waals surface area contributed by atoms with Crippen molar-refractivity contribution >= 4 is 21.8 Å². The molecule has 1 aromatic carbocycles. The van der Waals surface area contributed by atoms with Crippen LogP contribution in [-0.2, 0) is 4.79 Å². The first-order chi connectivity index (χ1) is 9.61. The molecule has 5 heteroatoms. The second-order valence-electron chi connectivity index (χ2n) is 4.95. The monoisotopic (exact) mass is 340 g/mol. The van der Waals surface area contributed by atoms with Gasteiger partial charge in [-0.2, -0.15) is 0 Å². The fraction of sp³-hybridized carbons (Fsp3) is 0.533. The summed E-state index contributed by atoms with van der Waals surface area (Å²) in [5, 5.41) is 0. The predicted octanol–water partition coefficient (Wildman–Crippen LogP) is 2.38. The first-order valence-electron chi connectivity index (χ1n) is 7.04. The van der Waals surface area contributed by atoms with Crippen LogP contribution in [0.25, 0.3) is 0 Å². The van der Waals surface area contributed by atoms with Gasteiger partial charge in [-0.25, -0.2) is 0 Å². The third-order valence-corrected chi connectivity index (χ3v) is 4.27. The van der Waals surface area contributed by atoms with E-state index in [1.807, 2.05) is 36.1 Å². The largest absolute Gasteiger partial charge is 0.480 e. The van der Waals surface area contributed by atoms with Crippen LogP contribution in [0, 0.1) is 0 Å². The van der Waals surface area contributed by atoms with Crippen molar-refractivity contribution < 1.29 is 9.53 Å². The van der Waals surface area contributed by atoms with E-state index in [2.05, 4.69) is 27.8 Å². The Hall–Kier alpha value is -1.07. The molecular formula is C15H21BrN2O2. The number of benzene rings is 1. The lowest BCUT2D eigenvalue weighted by atomic mass is 10.2. The molecule has 0 unspecified atom stereocenters. The number of nitrogens with zero attached hydrogens (tertiary/aromatic N) is 2. The zero-order valence-corrected chi connectivity index (χ0v) is 13.6. The average molecular weight is 341 g/mol. The van der Waals surface area contributed by atoms with Gasteiger partial charge in [0.05, 0.1) is 4.47 Å². The van der Waals surface area contributed by atoms with Crippen molar-refractivity contribution in [3.63, 3.8) is 0 Å². The lowest BCUT2D eigenvalue weighted by Gasteiger charge is -2.35. The standard InChI is InChI=1S/C15H21BrN2O2/c1-3-17-8-10-18(11-9-17)15(19)12(2)20-14-7-5-4-6-13(14)16/h4-7,12H,3,8-11H2,1-2H3/t12-/m0/s1. The molecule has 1 fully saturated rings. The molecule has 1 aromatic rings. The molecular weight excluding hydrogens is 320 g/mol. The average Bonchev–Trinajstić information content (AvgIpc) is 2.49. The van der Waals surface area contributed by atoms with Crippen LogP contribution >= 0.6 is 15.9 Å². The van der Waals surface area contributed by atoms with Crippen LogP contribution in [0.3, 0.4) is 0 Å². The van der Waals surface area contributed by atoms with Crippen molar-refractivity contribution in [3.05, 3.63) is 28.7 Å². The number of rotatable bonds is 4. The molecule has 0 spiro atoms. The summed E-state index contributed by atoms with van der Waals surface area (Å²) in [4.78, 5) is 16.6. The second kappa shape index (κ2) is 7.09. The minimum absolute atomic E-state index is 0.0662. The van der Waals surface area contributed by atoms with Gasteiger partial charge < -0.3 is 14.5 Å². The fourth-order valence-electron chi connectivity index (χ4n) is 2.32. The highest BCUT2D eigenvalue weighted by molar-refractivity contribution is 9.10. The molecule has 0 aliphatic carbocycles. The number of amides is 1. The van der Waals surface area contributed by atoms with Gasteiger partial charge in [0.1, 0.15) is 5.75 Å². The van der Waals surface area contributed by atoms with Gasteiger partial charge >= 0.3 is 0 Å². The highest BCUT2D eigenvalue weighted by Gasteiger charge is 2.25. The maximum Gasteiger partial charge on any atom is 0.263 e. The SMILES string of the molecule is CCN1CCN(C(=O)[C@H](C)Oc2ccccc2Br)CC1. The molecule has 0 bridgehead atoms. The van der Waals surface area contributed by atoms with E-state index in [4.69, 9.17) is 4.74 Å². The molecule has 1 atom stereocenters. The second-order valence-corrected chi connectivity index (χ2v) is 5.80. The normalized spacial score (nSPS) is 17.9. The molecule has 20 heavy (non-hydrogen) atoms. The van der Waals surface area contributed by atoms with Crippen molar-refractivity contribution in [1.29, 1.82) is 0 Å². The zero-order valence-electron chi connectivity index (χ0n) is 12.0. The lowest BCUT2D eigenvalue weighted by Crippen LogP contribution is -2.51. The van der Waals surface area contributed by atoms with Gasteiger partial charge in [0.15, 0.2) is 6.10 Å². The number of hydrogen-bond acceptors (Lipinski definition) is 3. The van der Waals surface area contributed by atoms with Gasteiger partial charge in [-0.3, -0.25) is 4.79 Å². The Morgan fingerprint density at radius 2 is 1.95 bits per heavy atom. The van der Waals surface area contributed by atoms with Gasteiger partial charge in [0.2, 0.25) is 0 Å². The minimum atomic E-state index is -0.457. The van der Waals surface area contributed by atoms with Crippen molar-refractivity contribution in [2.75, 3.05) is 32.7 Å². The van der Waals surface area contributed by atoms with Crippen LogP contribution in [0.5, 0.6) is 5.75 Å². The molecule has 1 aliphatic heterocycles. The highest BCUT2D eigenvalue weighted by Crippen LogP contribution is 2.25. The molecule has 1 aliphatic rings. The van der Waals surface area contributed by atoms with Crippen LogP contribution in [0.2, 0.25) is 0 Å². The van der Waals surface area contributed by atoms with Crippen LogP contribution < -0.4 is 4.74 Å². The van der Waals surface area contributed by atoms with Crippen LogP contribution in [0.1, 0.15) is 13.8 Å². The van der Waals surface area contributed by atoms with Crippen molar-refractivity contribution in [2.45, 2.75) is 20.0 Å². The van der Waals surface area contributed by atoms with Gasteiger partial charge in [0, 0.05) is 26.2 Å². The number of carbonyl (C=O) groups excluding carboxylic acids is 1. The molecule has 2 rings (SSSR count). The molecule has 0 aromatic heterocycles. The number of piperazine rings is 1. The number of ether oxygens (including phenoxy) is 1. The lowest BCUT2D eigenvalue weighted by molar-refractivity contribution is -0.139. The van der Waals surface area contributed by atoms with Gasteiger partial charge in [-0.15, -0.1) is 0 Å². The summed E-state index contributed by atoms with van der Waals surface area (Å²) in [5.74, 6) is 0.775. The molecule has 0 radical (unpaired) electrons. The van der Waals surface area contributed by atoms with E-state index in [1.54, 1.807) is 0 Å². The van der Waals surface area contributed by atoms with E-state index in [9.17, 15) is 4.79 Å². The molecule has 0 N–H and O–H groups in total. The Kier molecular flexibility index (Phi) is 5.43. The van der Waals surface area contributed by atoms with Crippen molar-refractivity contribution in [2.24, 2.45) is 0 Å². The molecule has 4 nitrogen and oxygen atoms in total. The summed E-state index contributed by atoms with van der Waals surface area (Å²) in [6.07, 6.45) is -0.457. The molecule has 0 saturated carbocycles. The zero-order chi connectivity index (χ0) is 14.5. The summed E-state index contributed by atoms with van der Waals surface area (Å²) < 4.78 is 6.63. The third-order valence-electron chi connectivity index (χ3n) is 3.62. The van der Waals surface area contributed by atoms with E-state index in [-0.39, 0.29) is 5.91 Å². The fourth-order valence-corrected chi connectivity index (χ4v) is 2.70. The van der Waals surface area contributed by atoms with Gasteiger partial charge in [-0.1, -0.05) is 19.1 Å². The number of likely N-dealkylation sites (N-methyl/N-ethyl adjacent to an activating group) is 1. The third kappa shape index (κ3) is 3.73. The highest BCUT2D eigenvalue weighted by atomic mass is 79.9. The van der Waals surface area contributed by atoms with Gasteiger partial charge in [0.25, 0.3) is 5.91 Å². The van der Waals surface area contributed by atoms with Crippen LogP contribution in [0.15, 0.2) is 28.7 Å². The summed E-state index contributed by atoms with van der Waals surface area (Å²) in [5.41, 5.74) is 0.